The molecule has 4 rings (SSSR count). The lowest BCUT2D eigenvalue weighted by molar-refractivity contribution is -0.136. The van der Waals surface area contributed by atoms with Gasteiger partial charge in [-0.1, -0.05) is 12.1 Å². The number of nitrogens with two attached hydrogens (primary N) is 1. The van der Waals surface area contributed by atoms with Crippen LogP contribution in [0, 0.1) is 0 Å². The Balaban J connectivity index is 1.67. The topological polar surface area (TPSA) is 124 Å². The summed E-state index contributed by atoms with van der Waals surface area (Å²) in [5, 5.41) is 5.05. The Hall–Kier alpha value is -4.61. The molecule has 0 unspecified atom stereocenters. The second kappa shape index (κ2) is 9.80. The summed E-state index contributed by atoms with van der Waals surface area (Å²) in [7, 11) is 1.35. The lowest BCUT2D eigenvalue weighted by Crippen LogP contribution is -2.22. The molecule has 0 aliphatic rings. The summed E-state index contributed by atoms with van der Waals surface area (Å²) < 4.78 is 46.9. The van der Waals surface area contributed by atoms with Crippen LogP contribution in [0.25, 0.3) is 11.0 Å². The normalized spacial score (nSPS) is 11.5. The Morgan fingerprint density at radius 1 is 1.05 bits per heavy atom. The molecule has 0 aliphatic carbocycles. The molecule has 4 aromatic rings. The fraction of sp³-hybridized carbons (Fsp3) is 0.200. The number of nitrogens with zero attached hydrogens (tertiary/aromatic N) is 3. The highest BCUT2D eigenvalue weighted by Crippen LogP contribution is 2.35. The Bertz CT molecular complexity index is 1500. The number of nitrogen functional groups attached to an aromatic ring is 1. The molecule has 9 nitrogen and oxygen atoms in total. The number of fused-ring (bicyclic) bond motifs is 1. The second-order valence-corrected chi connectivity index (χ2v) is 8.37. The third kappa shape index (κ3) is 5.03. The van der Waals surface area contributed by atoms with Crippen molar-refractivity contribution in [2.75, 3.05) is 23.5 Å². The minimum atomic E-state index is -4.66. The number of aromatic nitrogens is 3. The van der Waals surface area contributed by atoms with Crippen LogP contribution in [0.2, 0.25) is 0 Å². The highest BCUT2D eigenvalue weighted by Gasteiger charge is 2.33. The Kier molecular flexibility index (Phi) is 6.75. The molecule has 2 heterocycles. The van der Waals surface area contributed by atoms with Crippen LogP contribution in [0.15, 0.2) is 55.0 Å². The number of methoxy groups -OCH3 is 1. The summed E-state index contributed by atoms with van der Waals surface area (Å²) in [4.78, 5) is 34.4. The largest absolute Gasteiger partial charge is 0.495 e. The molecule has 192 valence electrons. The zero-order valence-electron chi connectivity index (χ0n) is 20.1. The summed E-state index contributed by atoms with van der Waals surface area (Å²) in [6.07, 6.45) is -1.70. The van der Waals surface area contributed by atoms with E-state index in [0.29, 0.717) is 11.0 Å². The molecule has 2 aromatic heterocycles. The number of ketones is 1. The van der Waals surface area contributed by atoms with Crippen LogP contribution < -0.4 is 21.1 Å². The van der Waals surface area contributed by atoms with E-state index in [9.17, 15) is 22.8 Å². The number of hydrogen-bond acceptors (Lipinski definition) is 6. The molecule has 0 fully saturated rings. The average molecular weight is 512 g/mol. The smallest absolute Gasteiger partial charge is 0.418 e. The first-order chi connectivity index (χ1) is 17.5. The van der Waals surface area contributed by atoms with Gasteiger partial charge in [0.05, 0.1) is 35.0 Å². The average Bonchev–Trinajstić information content (AvgIpc) is 3.24. The third-order valence-electron chi connectivity index (χ3n) is 5.63. The Labute approximate surface area is 209 Å². The molecule has 0 saturated heterocycles. The van der Waals surface area contributed by atoms with Crippen molar-refractivity contribution in [3.05, 3.63) is 71.7 Å². The Morgan fingerprint density at radius 2 is 1.76 bits per heavy atom. The van der Waals surface area contributed by atoms with Crippen molar-refractivity contribution in [2.45, 2.75) is 26.1 Å². The lowest BCUT2D eigenvalue weighted by atomic mass is 10.0. The number of nitrogens with one attached hydrogen (secondary N) is 2. The van der Waals surface area contributed by atoms with Crippen molar-refractivity contribution in [3.63, 3.8) is 0 Å². The predicted molar refractivity (Wildman–Crippen MR) is 133 cm³/mol. The number of halogens is 3. The molecule has 0 radical (unpaired) electrons. The summed E-state index contributed by atoms with van der Waals surface area (Å²) >= 11 is 0. The minimum Gasteiger partial charge on any atom is -0.495 e. The van der Waals surface area contributed by atoms with Crippen molar-refractivity contribution in [1.82, 2.24) is 14.5 Å². The van der Waals surface area contributed by atoms with Gasteiger partial charge in [-0.15, -0.1) is 0 Å². The van der Waals surface area contributed by atoms with Gasteiger partial charge >= 0.3 is 12.2 Å². The van der Waals surface area contributed by atoms with Crippen LogP contribution in [-0.4, -0.2) is 33.5 Å². The second-order valence-electron chi connectivity index (χ2n) is 8.37. The van der Waals surface area contributed by atoms with Crippen molar-refractivity contribution in [2.24, 2.45) is 0 Å². The van der Waals surface area contributed by atoms with Crippen LogP contribution in [0.1, 0.15) is 41.4 Å². The van der Waals surface area contributed by atoms with Crippen LogP contribution in [0.5, 0.6) is 5.75 Å². The van der Waals surface area contributed by atoms with Crippen LogP contribution in [0.3, 0.4) is 0 Å². The molecular formula is C25H23F3N6O3. The van der Waals surface area contributed by atoms with Crippen LogP contribution in [0.4, 0.5) is 35.2 Å². The summed E-state index contributed by atoms with van der Waals surface area (Å²) in [5.74, 6) is -0.0787. The van der Waals surface area contributed by atoms with Gasteiger partial charge in [-0.25, -0.2) is 14.8 Å². The zero-order chi connectivity index (χ0) is 26.9. The molecule has 0 atom stereocenters. The van der Waals surface area contributed by atoms with Gasteiger partial charge in [0.1, 0.15) is 23.5 Å². The molecule has 2 aromatic carbocycles. The van der Waals surface area contributed by atoms with Gasteiger partial charge in [-0.2, -0.15) is 13.2 Å². The van der Waals surface area contributed by atoms with E-state index in [1.54, 1.807) is 10.8 Å². The zero-order valence-corrected chi connectivity index (χ0v) is 20.1. The van der Waals surface area contributed by atoms with E-state index in [4.69, 9.17) is 10.5 Å². The van der Waals surface area contributed by atoms with Crippen molar-refractivity contribution < 1.29 is 27.5 Å². The number of rotatable bonds is 6. The number of hydrogen-bond donors (Lipinski definition) is 3. The van der Waals surface area contributed by atoms with E-state index in [1.165, 1.54) is 43.8 Å². The number of ether oxygens (including phenoxy) is 1. The van der Waals surface area contributed by atoms with E-state index in [0.717, 1.165) is 12.1 Å². The number of urea groups is 1. The number of benzene rings is 2. The third-order valence-corrected chi connectivity index (χ3v) is 5.63. The first-order valence-corrected chi connectivity index (χ1v) is 11.1. The van der Waals surface area contributed by atoms with Crippen molar-refractivity contribution in [1.29, 1.82) is 0 Å². The number of amides is 2. The fourth-order valence-corrected chi connectivity index (χ4v) is 3.89. The lowest BCUT2D eigenvalue weighted by Gasteiger charge is -2.15. The maximum absolute atomic E-state index is 13.5. The maximum atomic E-state index is 13.5. The van der Waals surface area contributed by atoms with Gasteiger partial charge < -0.3 is 25.7 Å². The van der Waals surface area contributed by atoms with Gasteiger partial charge in [0.2, 0.25) is 0 Å². The highest BCUT2D eigenvalue weighted by molar-refractivity contribution is 6.18. The predicted octanol–water partition coefficient (Wildman–Crippen LogP) is 5.50. The van der Waals surface area contributed by atoms with Gasteiger partial charge in [0, 0.05) is 17.8 Å². The number of anilines is 3. The molecule has 0 saturated carbocycles. The first kappa shape index (κ1) is 25.5. The molecule has 4 N–H and O–H groups in total. The molecule has 2 amide bonds. The number of para-hydroxylation sites is 1. The van der Waals surface area contributed by atoms with Gasteiger partial charge in [0.25, 0.3) is 0 Å². The molecule has 0 aliphatic heterocycles. The van der Waals surface area contributed by atoms with E-state index in [2.05, 4.69) is 20.6 Å². The van der Waals surface area contributed by atoms with E-state index in [-0.39, 0.29) is 34.4 Å². The van der Waals surface area contributed by atoms with Crippen LogP contribution >= 0.6 is 0 Å². The van der Waals surface area contributed by atoms with E-state index >= 15 is 0 Å². The van der Waals surface area contributed by atoms with Gasteiger partial charge in [-0.05, 0) is 44.2 Å². The fourth-order valence-electron chi connectivity index (χ4n) is 3.89. The number of carbonyl (C=O) groups excluding carboxylic acids is 2. The van der Waals surface area contributed by atoms with Gasteiger partial charge in [-0.3, -0.25) is 4.79 Å². The standard InChI is InChI=1S/C25H23F3N6O3/c1-13(2)34-11-15(20-22(29)30-12-31-23(20)34)21(35)14-8-9-19(37-3)18(10-14)33-24(36)32-17-7-5-4-6-16(17)25(26,27)28/h4-13H,1-3H3,(H2,29,30,31)(H2,32,33,36). The van der Waals surface area contributed by atoms with Crippen molar-refractivity contribution >= 4 is 40.0 Å². The van der Waals surface area contributed by atoms with E-state index < -0.39 is 29.2 Å². The first-order valence-electron chi connectivity index (χ1n) is 11.1. The molecule has 0 bridgehead atoms. The molecule has 0 spiro atoms. The number of alkyl halides is 3. The van der Waals surface area contributed by atoms with Crippen molar-refractivity contribution in [3.8, 4) is 5.75 Å². The van der Waals surface area contributed by atoms with Gasteiger partial charge in [0.15, 0.2) is 5.78 Å². The molecule has 12 heteroatoms. The quantitative estimate of drug-likeness (QED) is 0.293. The minimum absolute atomic E-state index is 0.0188. The number of carbonyl (C=O) groups is 2. The molecular weight excluding hydrogens is 489 g/mol. The van der Waals surface area contributed by atoms with Crippen LogP contribution in [-0.2, 0) is 6.18 Å². The Morgan fingerprint density at radius 3 is 2.43 bits per heavy atom. The van der Waals surface area contributed by atoms with E-state index in [1.807, 2.05) is 13.8 Å². The summed E-state index contributed by atoms with van der Waals surface area (Å²) in [5.41, 5.74) is 5.66. The maximum Gasteiger partial charge on any atom is 0.418 e. The SMILES string of the molecule is COc1ccc(C(=O)c2cn(C(C)C)c3ncnc(N)c23)cc1NC(=O)Nc1ccccc1C(F)(F)F. The molecule has 37 heavy (non-hydrogen) atoms. The highest BCUT2D eigenvalue weighted by atomic mass is 19.4. The summed E-state index contributed by atoms with van der Waals surface area (Å²) in [6, 6.07) is 7.95. The summed E-state index contributed by atoms with van der Waals surface area (Å²) in [6.45, 7) is 3.86. The monoisotopic (exact) mass is 512 g/mol.